The van der Waals surface area contributed by atoms with E-state index in [9.17, 15) is 4.79 Å². The maximum atomic E-state index is 11.0. The average Bonchev–Trinajstić information content (AvgIpc) is 2.29. The predicted octanol–water partition coefficient (Wildman–Crippen LogP) is 2.90. The van der Waals surface area contributed by atoms with Gasteiger partial charge in [0.25, 0.3) is 0 Å². The molecule has 1 rings (SSSR count). The summed E-state index contributed by atoms with van der Waals surface area (Å²) in [5, 5.41) is 0. The van der Waals surface area contributed by atoms with Crippen molar-refractivity contribution in [3.8, 4) is 0 Å². The molecule has 0 aliphatic heterocycles. The van der Waals surface area contributed by atoms with Crippen LogP contribution in [-0.2, 0) is 13.0 Å². The van der Waals surface area contributed by atoms with Crippen molar-refractivity contribution in [3.05, 3.63) is 34.9 Å². The summed E-state index contributed by atoms with van der Waals surface area (Å²) in [5.74, 6) is 0. The normalized spacial score (nSPS) is 11.1. The van der Waals surface area contributed by atoms with Crippen LogP contribution in [0.4, 0.5) is 0 Å². The number of carbonyl (C=O) groups excluding carboxylic acids is 1. The molecule has 0 aromatic heterocycles. The van der Waals surface area contributed by atoms with E-state index in [1.54, 1.807) is 0 Å². The van der Waals surface area contributed by atoms with Crippen LogP contribution < -0.4 is 0 Å². The third kappa shape index (κ3) is 3.17. The number of nitrogens with zero attached hydrogens (tertiary/aromatic N) is 1. The molecule has 16 heavy (non-hydrogen) atoms. The minimum Gasteiger partial charge on any atom is -0.300 e. The van der Waals surface area contributed by atoms with Crippen molar-refractivity contribution >= 4 is 6.29 Å². The van der Waals surface area contributed by atoms with E-state index in [-0.39, 0.29) is 0 Å². The first kappa shape index (κ1) is 12.9. The van der Waals surface area contributed by atoms with Gasteiger partial charge in [-0.3, -0.25) is 9.69 Å². The molecule has 2 nitrogen and oxygen atoms in total. The predicted molar refractivity (Wildman–Crippen MR) is 67.8 cm³/mol. The fraction of sp³-hybridized carbons (Fsp3) is 0.500. The lowest BCUT2D eigenvalue weighted by Gasteiger charge is -2.21. The number of rotatable bonds is 5. The fourth-order valence-corrected chi connectivity index (χ4v) is 1.57. The summed E-state index contributed by atoms with van der Waals surface area (Å²) in [6.07, 6.45) is 1.93. The molecule has 1 aromatic rings. The van der Waals surface area contributed by atoms with Gasteiger partial charge in [-0.2, -0.15) is 0 Å². The molecule has 0 heterocycles. The van der Waals surface area contributed by atoms with Gasteiger partial charge in [-0.1, -0.05) is 19.1 Å². The first-order chi connectivity index (χ1) is 7.58. The van der Waals surface area contributed by atoms with Crippen molar-refractivity contribution in [1.82, 2.24) is 4.90 Å². The van der Waals surface area contributed by atoms with E-state index < -0.39 is 0 Å². The summed E-state index contributed by atoms with van der Waals surface area (Å²) < 4.78 is 0. The molecule has 0 atom stereocenters. The third-order valence-corrected chi connectivity index (χ3v) is 3.05. The average molecular weight is 219 g/mol. The van der Waals surface area contributed by atoms with Gasteiger partial charge in [-0.15, -0.1) is 0 Å². The van der Waals surface area contributed by atoms with Gasteiger partial charge in [0.1, 0.15) is 6.29 Å². The molecule has 0 spiro atoms. The standard InChI is InChI=1S/C14H21NO/c1-5-12-6-7-13(14(8-12)10-16)9-15(4)11(2)3/h6-8,10-11H,5,9H2,1-4H3. The van der Waals surface area contributed by atoms with Crippen molar-refractivity contribution in [1.29, 1.82) is 0 Å². The molecule has 1 aromatic carbocycles. The lowest BCUT2D eigenvalue weighted by atomic mass is 10.0. The SMILES string of the molecule is CCc1ccc(CN(C)C(C)C)c(C=O)c1. The number of aryl methyl sites for hydroxylation is 1. The van der Waals surface area contributed by atoms with Crippen molar-refractivity contribution < 1.29 is 4.79 Å². The van der Waals surface area contributed by atoms with Crippen molar-refractivity contribution in [2.45, 2.75) is 39.8 Å². The summed E-state index contributed by atoms with van der Waals surface area (Å²) in [6, 6.07) is 6.67. The summed E-state index contributed by atoms with van der Waals surface area (Å²) in [4.78, 5) is 13.3. The molecule has 0 unspecified atom stereocenters. The zero-order valence-electron chi connectivity index (χ0n) is 10.7. The number of hydrogen-bond donors (Lipinski definition) is 0. The van der Waals surface area contributed by atoms with Crippen LogP contribution in [0.5, 0.6) is 0 Å². The molecule has 0 amide bonds. The highest BCUT2D eigenvalue weighted by Gasteiger charge is 2.08. The molecule has 0 fully saturated rings. The number of benzene rings is 1. The molecule has 0 aliphatic rings. The minimum absolute atomic E-state index is 0.491. The maximum absolute atomic E-state index is 11.0. The van der Waals surface area contributed by atoms with Gasteiger partial charge in [0.2, 0.25) is 0 Å². The van der Waals surface area contributed by atoms with E-state index in [0.717, 1.165) is 30.4 Å². The quantitative estimate of drug-likeness (QED) is 0.710. The van der Waals surface area contributed by atoms with Crippen molar-refractivity contribution in [2.75, 3.05) is 7.05 Å². The van der Waals surface area contributed by atoms with Crippen LogP contribution in [0.1, 0.15) is 42.3 Å². The van der Waals surface area contributed by atoms with Crippen molar-refractivity contribution in [2.24, 2.45) is 0 Å². The van der Waals surface area contributed by atoms with Gasteiger partial charge in [-0.25, -0.2) is 0 Å². The third-order valence-electron chi connectivity index (χ3n) is 3.05. The van der Waals surface area contributed by atoms with Crippen LogP contribution in [0.15, 0.2) is 18.2 Å². The first-order valence-electron chi connectivity index (χ1n) is 5.85. The Hall–Kier alpha value is -1.15. The molecule has 2 heteroatoms. The lowest BCUT2D eigenvalue weighted by Crippen LogP contribution is -2.26. The van der Waals surface area contributed by atoms with Crippen molar-refractivity contribution in [3.63, 3.8) is 0 Å². The topological polar surface area (TPSA) is 20.3 Å². The summed E-state index contributed by atoms with van der Waals surface area (Å²) in [7, 11) is 2.08. The van der Waals surface area contributed by atoms with E-state index in [4.69, 9.17) is 0 Å². The zero-order valence-corrected chi connectivity index (χ0v) is 10.7. The molecular weight excluding hydrogens is 198 g/mol. The van der Waals surface area contributed by atoms with Gasteiger partial charge < -0.3 is 0 Å². The maximum Gasteiger partial charge on any atom is 0.150 e. The zero-order chi connectivity index (χ0) is 12.1. The van der Waals surface area contributed by atoms with Gasteiger partial charge in [0.05, 0.1) is 0 Å². The summed E-state index contributed by atoms with van der Waals surface area (Å²) in [6.45, 7) is 7.24. The molecule has 0 radical (unpaired) electrons. The Morgan fingerprint density at radius 2 is 2.06 bits per heavy atom. The van der Waals surface area contributed by atoms with Gasteiger partial charge in [0, 0.05) is 18.2 Å². The Morgan fingerprint density at radius 3 is 2.56 bits per heavy atom. The van der Waals surface area contributed by atoms with E-state index in [2.05, 4.69) is 44.9 Å². The van der Waals surface area contributed by atoms with Crippen LogP contribution in [0.25, 0.3) is 0 Å². The summed E-state index contributed by atoms with van der Waals surface area (Å²) in [5.41, 5.74) is 3.16. The van der Waals surface area contributed by atoms with E-state index >= 15 is 0 Å². The monoisotopic (exact) mass is 219 g/mol. The second-order valence-electron chi connectivity index (χ2n) is 4.51. The molecule has 0 N–H and O–H groups in total. The lowest BCUT2D eigenvalue weighted by molar-refractivity contribution is 0.112. The molecule has 0 saturated carbocycles. The number of carbonyl (C=O) groups is 1. The van der Waals surface area contributed by atoms with Gasteiger partial charge in [-0.05, 0) is 44.5 Å². The van der Waals surface area contributed by atoms with Gasteiger partial charge in [0.15, 0.2) is 0 Å². The molecule has 0 aliphatic carbocycles. The highest BCUT2D eigenvalue weighted by Crippen LogP contribution is 2.14. The Kier molecular flexibility index (Phi) is 4.69. The second kappa shape index (κ2) is 5.80. The van der Waals surface area contributed by atoms with Crippen LogP contribution in [0.2, 0.25) is 0 Å². The van der Waals surface area contributed by atoms with Crippen LogP contribution in [0.3, 0.4) is 0 Å². The Balaban J connectivity index is 2.91. The van der Waals surface area contributed by atoms with E-state index in [1.165, 1.54) is 5.56 Å². The Bertz CT molecular complexity index is 358. The van der Waals surface area contributed by atoms with Crippen LogP contribution in [0, 0.1) is 0 Å². The number of hydrogen-bond acceptors (Lipinski definition) is 2. The van der Waals surface area contributed by atoms with Gasteiger partial charge >= 0.3 is 0 Å². The largest absolute Gasteiger partial charge is 0.300 e. The molecular formula is C14H21NO. The summed E-state index contributed by atoms with van der Waals surface area (Å²) >= 11 is 0. The Labute approximate surface area is 98.3 Å². The highest BCUT2D eigenvalue weighted by atomic mass is 16.1. The van der Waals surface area contributed by atoms with E-state index in [0.29, 0.717) is 6.04 Å². The fourth-order valence-electron chi connectivity index (χ4n) is 1.57. The highest BCUT2D eigenvalue weighted by molar-refractivity contribution is 5.77. The smallest absolute Gasteiger partial charge is 0.150 e. The molecule has 0 saturated heterocycles. The number of aldehydes is 1. The Morgan fingerprint density at radius 1 is 1.38 bits per heavy atom. The van der Waals surface area contributed by atoms with E-state index in [1.807, 2.05) is 6.07 Å². The van der Waals surface area contributed by atoms with Crippen LogP contribution in [-0.4, -0.2) is 24.3 Å². The first-order valence-corrected chi connectivity index (χ1v) is 5.85. The van der Waals surface area contributed by atoms with Crippen LogP contribution >= 0.6 is 0 Å². The minimum atomic E-state index is 0.491. The molecule has 0 bridgehead atoms. The molecule has 88 valence electrons. The second-order valence-corrected chi connectivity index (χ2v) is 4.51.